The van der Waals surface area contributed by atoms with E-state index in [1.807, 2.05) is 12.1 Å². The van der Waals surface area contributed by atoms with E-state index in [2.05, 4.69) is 11.4 Å². The molecule has 1 heterocycles. The zero-order valence-corrected chi connectivity index (χ0v) is 9.65. The van der Waals surface area contributed by atoms with E-state index in [0.29, 0.717) is 0 Å². The smallest absolute Gasteiger partial charge is 0.110 e. The average molecular weight is 220 g/mol. The first-order valence-corrected chi connectivity index (χ1v) is 6.39. The zero-order chi connectivity index (χ0) is 10.5. The second-order valence-electron chi connectivity index (χ2n) is 4.14. The van der Waals surface area contributed by atoms with Crippen molar-refractivity contribution < 1.29 is 0 Å². The molecule has 80 valence electrons. The first-order valence-electron chi connectivity index (χ1n) is 5.58. The maximum atomic E-state index is 8.67. The van der Waals surface area contributed by atoms with Gasteiger partial charge in [0.2, 0.25) is 0 Å². The second-order valence-corrected chi connectivity index (χ2v) is 5.31. The largest absolute Gasteiger partial charge is 0.312 e. The third-order valence-corrected chi connectivity index (χ3v) is 4.02. The van der Waals surface area contributed by atoms with Crippen LogP contribution in [0.3, 0.4) is 0 Å². The Labute approximate surface area is 94.9 Å². The number of nitriles is 1. The van der Waals surface area contributed by atoms with Crippen LogP contribution in [-0.2, 0) is 6.54 Å². The summed E-state index contributed by atoms with van der Waals surface area (Å²) >= 11 is 1.59. The van der Waals surface area contributed by atoms with Gasteiger partial charge in [-0.1, -0.05) is 19.3 Å². The molecule has 0 bridgehead atoms. The topological polar surface area (TPSA) is 35.8 Å². The van der Waals surface area contributed by atoms with Gasteiger partial charge in [-0.3, -0.25) is 0 Å². The fraction of sp³-hybridized carbons (Fsp3) is 0.583. The van der Waals surface area contributed by atoms with Crippen molar-refractivity contribution >= 4 is 11.3 Å². The fourth-order valence-electron chi connectivity index (χ4n) is 1.83. The number of rotatable bonds is 5. The van der Waals surface area contributed by atoms with E-state index in [1.165, 1.54) is 30.6 Å². The Bertz CT molecular complexity index is 347. The van der Waals surface area contributed by atoms with E-state index in [9.17, 15) is 0 Å². The van der Waals surface area contributed by atoms with Crippen molar-refractivity contribution in [2.45, 2.75) is 32.2 Å². The Kier molecular flexibility index (Phi) is 3.76. The van der Waals surface area contributed by atoms with Crippen molar-refractivity contribution in [2.24, 2.45) is 5.92 Å². The molecule has 1 aliphatic carbocycles. The lowest BCUT2D eigenvalue weighted by Crippen LogP contribution is -2.20. The van der Waals surface area contributed by atoms with E-state index in [1.54, 1.807) is 11.3 Å². The monoisotopic (exact) mass is 220 g/mol. The molecule has 0 amide bonds. The number of nitrogens with zero attached hydrogens (tertiary/aromatic N) is 1. The molecule has 0 aromatic carbocycles. The molecule has 0 atom stereocenters. The lowest BCUT2D eigenvalue weighted by Gasteiger charge is -2.25. The van der Waals surface area contributed by atoms with Crippen LogP contribution in [0, 0.1) is 17.2 Å². The van der Waals surface area contributed by atoms with Crippen LogP contribution in [0.25, 0.3) is 0 Å². The van der Waals surface area contributed by atoms with Gasteiger partial charge in [-0.2, -0.15) is 5.26 Å². The normalized spacial score (nSPS) is 15.9. The fourth-order valence-corrected chi connectivity index (χ4v) is 2.61. The van der Waals surface area contributed by atoms with Gasteiger partial charge in [0.1, 0.15) is 10.9 Å². The van der Waals surface area contributed by atoms with E-state index in [0.717, 1.165) is 23.9 Å². The van der Waals surface area contributed by atoms with E-state index in [-0.39, 0.29) is 0 Å². The summed E-state index contributed by atoms with van der Waals surface area (Å²) in [5.41, 5.74) is 0. The highest BCUT2D eigenvalue weighted by atomic mass is 32.1. The van der Waals surface area contributed by atoms with Crippen LogP contribution >= 0.6 is 11.3 Å². The highest BCUT2D eigenvalue weighted by molar-refractivity contribution is 7.12. The standard InChI is InChI=1S/C12H16N2S/c13-8-11-4-5-12(15-11)9-14-7-6-10-2-1-3-10/h4-5,10,14H,1-3,6-7,9H2. The molecule has 1 saturated carbocycles. The van der Waals surface area contributed by atoms with Crippen LogP contribution in [0.1, 0.15) is 35.4 Å². The Morgan fingerprint density at radius 1 is 1.47 bits per heavy atom. The summed E-state index contributed by atoms with van der Waals surface area (Å²) < 4.78 is 0. The molecule has 3 heteroatoms. The molecule has 1 aromatic heterocycles. The third kappa shape index (κ3) is 3.05. The summed E-state index contributed by atoms with van der Waals surface area (Å²) in [7, 11) is 0. The Morgan fingerprint density at radius 3 is 2.93 bits per heavy atom. The minimum atomic E-state index is 0.811. The van der Waals surface area contributed by atoms with Crippen LogP contribution in [0.2, 0.25) is 0 Å². The number of hydrogen-bond acceptors (Lipinski definition) is 3. The van der Waals surface area contributed by atoms with Crippen molar-refractivity contribution in [2.75, 3.05) is 6.54 Å². The summed E-state index contributed by atoms with van der Waals surface area (Å²) in [5, 5.41) is 12.1. The molecule has 1 aliphatic rings. The SMILES string of the molecule is N#Cc1ccc(CNCCC2CCC2)s1. The predicted molar refractivity (Wildman–Crippen MR) is 62.7 cm³/mol. The lowest BCUT2D eigenvalue weighted by molar-refractivity contribution is 0.292. The van der Waals surface area contributed by atoms with Gasteiger partial charge >= 0.3 is 0 Å². The molecular weight excluding hydrogens is 204 g/mol. The lowest BCUT2D eigenvalue weighted by atomic mass is 9.83. The van der Waals surface area contributed by atoms with Crippen LogP contribution in [-0.4, -0.2) is 6.54 Å². The minimum absolute atomic E-state index is 0.811. The molecular formula is C12H16N2S. The zero-order valence-electron chi connectivity index (χ0n) is 8.83. The molecule has 1 fully saturated rings. The van der Waals surface area contributed by atoms with Gasteiger partial charge < -0.3 is 5.32 Å². The van der Waals surface area contributed by atoms with Gasteiger partial charge in [0, 0.05) is 11.4 Å². The number of nitrogens with one attached hydrogen (secondary N) is 1. The molecule has 1 N–H and O–H groups in total. The quantitative estimate of drug-likeness (QED) is 0.774. The summed E-state index contributed by atoms with van der Waals surface area (Å²) in [4.78, 5) is 2.07. The molecule has 0 aliphatic heterocycles. The van der Waals surface area contributed by atoms with Gasteiger partial charge in [-0.05, 0) is 31.0 Å². The van der Waals surface area contributed by atoms with Crippen molar-refractivity contribution in [3.8, 4) is 6.07 Å². The summed E-state index contributed by atoms with van der Waals surface area (Å²) in [6.07, 6.45) is 5.61. The highest BCUT2D eigenvalue weighted by Gasteiger charge is 2.16. The predicted octanol–water partition coefficient (Wildman–Crippen LogP) is 2.90. The maximum absolute atomic E-state index is 8.67. The Balaban J connectivity index is 1.62. The summed E-state index contributed by atoms with van der Waals surface area (Å²) in [5.74, 6) is 0.982. The summed E-state index contributed by atoms with van der Waals surface area (Å²) in [6, 6.07) is 6.10. The maximum Gasteiger partial charge on any atom is 0.110 e. The molecule has 2 nitrogen and oxygen atoms in total. The van der Waals surface area contributed by atoms with Gasteiger partial charge in [0.25, 0.3) is 0 Å². The highest BCUT2D eigenvalue weighted by Crippen LogP contribution is 2.28. The van der Waals surface area contributed by atoms with Crippen molar-refractivity contribution in [3.63, 3.8) is 0 Å². The van der Waals surface area contributed by atoms with E-state index in [4.69, 9.17) is 5.26 Å². The minimum Gasteiger partial charge on any atom is -0.312 e. The van der Waals surface area contributed by atoms with Crippen molar-refractivity contribution in [3.05, 3.63) is 21.9 Å². The summed E-state index contributed by atoms with van der Waals surface area (Å²) in [6.45, 7) is 2.03. The van der Waals surface area contributed by atoms with E-state index >= 15 is 0 Å². The Hall–Kier alpha value is -0.850. The van der Waals surface area contributed by atoms with Gasteiger partial charge in [-0.25, -0.2) is 0 Å². The van der Waals surface area contributed by atoms with Gasteiger partial charge in [0.15, 0.2) is 0 Å². The molecule has 0 radical (unpaired) electrons. The van der Waals surface area contributed by atoms with Gasteiger partial charge in [0.05, 0.1) is 0 Å². The third-order valence-electron chi connectivity index (χ3n) is 3.03. The van der Waals surface area contributed by atoms with Crippen LogP contribution in [0.15, 0.2) is 12.1 Å². The van der Waals surface area contributed by atoms with Crippen LogP contribution in [0.5, 0.6) is 0 Å². The molecule has 0 saturated heterocycles. The van der Waals surface area contributed by atoms with E-state index < -0.39 is 0 Å². The van der Waals surface area contributed by atoms with Crippen LogP contribution < -0.4 is 5.32 Å². The van der Waals surface area contributed by atoms with Crippen LogP contribution in [0.4, 0.5) is 0 Å². The van der Waals surface area contributed by atoms with Crippen molar-refractivity contribution in [1.29, 1.82) is 5.26 Å². The Morgan fingerprint density at radius 2 is 2.33 bits per heavy atom. The average Bonchev–Trinajstić information content (AvgIpc) is 2.62. The molecule has 1 aromatic rings. The molecule has 0 spiro atoms. The first-order chi connectivity index (χ1) is 7.38. The first kappa shape index (κ1) is 10.7. The number of thiophene rings is 1. The number of hydrogen-bond donors (Lipinski definition) is 1. The van der Waals surface area contributed by atoms with Crippen molar-refractivity contribution in [1.82, 2.24) is 5.32 Å². The molecule has 2 rings (SSSR count). The second kappa shape index (κ2) is 5.29. The van der Waals surface area contributed by atoms with Gasteiger partial charge in [-0.15, -0.1) is 11.3 Å². The molecule has 15 heavy (non-hydrogen) atoms. The molecule has 0 unspecified atom stereocenters.